The topological polar surface area (TPSA) is 54.4 Å². The molecule has 1 amide bonds. The van der Waals surface area contributed by atoms with Crippen LogP contribution in [0.25, 0.3) is 0 Å². The summed E-state index contributed by atoms with van der Waals surface area (Å²) < 4.78 is 1.74. The van der Waals surface area contributed by atoms with Crippen LogP contribution in [0.5, 0.6) is 0 Å². The summed E-state index contributed by atoms with van der Waals surface area (Å²) in [5.74, 6) is -0.304. The van der Waals surface area contributed by atoms with E-state index in [4.69, 9.17) is 0 Å². The highest BCUT2D eigenvalue weighted by atomic mass is 79.9. The Kier molecular flexibility index (Phi) is 4.81. The van der Waals surface area contributed by atoms with Crippen molar-refractivity contribution in [3.63, 3.8) is 0 Å². The Morgan fingerprint density at radius 1 is 1.16 bits per heavy atom. The second kappa shape index (κ2) is 6.58. The summed E-state index contributed by atoms with van der Waals surface area (Å²) in [6.07, 6.45) is 4.67. The number of pyridine rings is 1. The molecule has 2 aromatic rings. The van der Waals surface area contributed by atoms with Crippen LogP contribution in [-0.4, -0.2) is 17.1 Å². The van der Waals surface area contributed by atoms with Gasteiger partial charge in [0.05, 0.1) is 11.8 Å². The summed E-state index contributed by atoms with van der Waals surface area (Å²) in [4.78, 5) is 15.7. The third kappa shape index (κ3) is 4.25. The van der Waals surface area contributed by atoms with Crippen LogP contribution in [-0.2, 0) is 0 Å². The van der Waals surface area contributed by atoms with Gasteiger partial charge in [0.2, 0.25) is 0 Å². The molecule has 1 N–H and O–H groups in total. The van der Waals surface area contributed by atoms with Crippen molar-refractivity contribution in [2.24, 2.45) is 5.10 Å². The molecule has 1 heterocycles. The first kappa shape index (κ1) is 13.9. The van der Waals surface area contributed by atoms with E-state index in [-0.39, 0.29) is 5.91 Å². The zero-order valence-corrected chi connectivity index (χ0v) is 12.8. The number of hydrogen-bond acceptors (Lipinski definition) is 3. The SMILES string of the molecule is O=C(N/N=C\c1ccc(Br)cc1)c1cncc(Br)c1. The molecule has 0 atom stereocenters. The van der Waals surface area contributed by atoms with E-state index in [2.05, 4.69) is 47.4 Å². The number of hydrogen-bond donors (Lipinski definition) is 1. The minimum Gasteiger partial charge on any atom is -0.267 e. The van der Waals surface area contributed by atoms with Crippen molar-refractivity contribution in [2.75, 3.05) is 0 Å². The molecular formula is C13H9Br2N3O. The molecule has 0 unspecified atom stereocenters. The van der Waals surface area contributed by atoms with E-state index in [1.165, 1.54) is 6.20 Å². The van der Waals surface area contributed by atoms with Gasteiger partial charge in [0.1, 0.15) is 0 Å². The number of rotatable bonds is 3. The molecule has 0 aliphatic rings. The van der Waals surface area contributed by atoms with E-state index in [0.29, 0.717) is 5.56 Å². The molecule has 0 saturated carbocycles. The number of nitrogens with zero attached hydrogens (tertiary/aromatic N) is 2. The number of nitrogens with one attached hydrogen (secondary N) is 1. The second-order valence-corrected chi connectivity index (χ2v) is 5.47. The largest absolute Gasteiger partial charge is 0.272 e. The Morgan fingerprint density at radius 3 is 2.58 bits per heavy atom. The predicted octanol–water partition coefficient (Wildman–Crippen LogP) is 3.37. The summed E-state index contributed by atoms with van der Waals surface area (Å²) in [5, 5.41) is 3.89. The minimum atomic E-state index is -0.304. The Bertz CT molecular complexity index is 612. The van der Waals surface area contributed by atoms with Gasteiger partial charge >= 0.3 is 0 Å². The molecule has 0 fully saturated rings. The third-order valence-corrected chi connectivity index (χ3v) is 3.18. The van der Waals surface area contributed by atoms with Crippen molar-refractivity contribution >= 4 is 44.0 Å². The fraction of sp³-hybridized carbons (Fsp3) is 0. The Hall–Kier alpha value is -1.53. The fourth-order valence-corrected chi connectivity index (χ4v) is 1.94. The van der Waals surface area contributed by atoms with Crippen LogP contribution < -0.4 is 5.43 Å². The lowest BCUT2D eigenvalue weighted by atomic mass is 10.2. The van der Waals surface area contributed by atoms with Crippen molar-refractivity contribution in [3.8, 4) is 0 Å². The van der Waals surface area contributed by atoms with Gasteiger partial charge in [-0.1, -0.05) is 28.1 Å². The summed E-state index contributed by atoms with van der Waals surface area (Å²) in [5.41, 5.74) is 3.79. The molecule has 0 spiro atoms. The minimum absolute atomic E-state index is 0.304. The van der Waals surface area contributed by atoms with E-state index in [1.54, 1.807) is 18.5 Å². The van der Waals surface area contributed by atoms with Gasteiger partial charge in [-0.2, -0.15) is 5.10 Å². The fourth-order valence-electron chi connectivity index (χ4n) is 1.31. The quantitative estimate of drug-likeness (QED) is 0.653. The first-order chi connectivity index (χ1) is 9.15. The van der Waals surface area contributed by atoms with Gasteiger partial charge < -0.3 is 0 Å². The molecule has 0 radical (unpaired) electrons. The number of carbonyl (C=O) groups is 1. The molecule has 96 valence electrons. The summed E-state index contributed by atoms with van der Waals surface area (Å²) in [7, 11) is 0. The standard InChI is InChI=1S/C13H9Br2N3O/c14-11-3-1-9(2-4-11)6-17-18-13(19)10-5-12(15)8-16-7-10/h1-8H,(H,18,19)/b17-6-. The highest BCUT2D eigenvalue weighted by Gasteiger charge is 2.04. The van der Waals surface area contributed by atoms with E-state index in [0.717, 1.165) is 14.5 Å². The number of benzene rings is 1. The number of hydrazone groups is 1. The van der Waals surface area contributed by atoms with Crippen LogP contribution in [0.2, 0.25) is 0 Å². The summed E-state index contributed by atoms with van der Waals surface area (Å²) >= 11 is 6.61. The van der Waals surface area contributed by atoms with Crippen LogP contribution in [0.3, 0.4) is 0 Å². The molecule has 0 saturated heterocycles. The highest BCUT2D eigenvalue weighted by molar-refractivity contribution is 9.10. The second-order valence-electron chi connectivity index (χ2n) is 3.64. The number of aromatic nitrogens is 1. The van der Waals surface area contributed by atoms with Gasteiger partial charge in [0, 0.05) is 21.3 Å². The number of halogens is 2. The summed E-state index contributed by atoms with van der Waals surface area (Å²) in [6.45, 7) is 0. The molecule has 0 aliphatic heterocycles. The van der Waals surface area contributed by atoms with Gasteiger partial charge in [0.25, 0.3) is 5.91 Å². The molecule has 0 aliphatic carbocycles. The van der Waals surface area contributed by atoms with E-state index >= 15 is 0 Å². The van der Waals surface area contributed by atoms with Gasteiger partial charge in [-0.15, -0.1) is 0 Å². The molecular weight excluding hydrogens is 374 g/mol. The van der Waals surface area contributed by atoms with Crippen molar-refractivity contribution in [1.82, 2.24) is 10.4 Å². The molecule has 1 aromatic heterocycles. The highest BCUT2D eigenvalue weighted by Crippen LogP contribution is 2.10. The lowest BCUT2D eigenvalue weighted by Gasteiger charge is -1.99. The maximum absolute atomic E-state index is 11.7. The van der Waals surface area contributed by atoms with Crippen molar-refractivity contribution < 1.29 is 4.79 Å². The molecule has 2 rings (SSSR count). The molecule has 0 bridgehead atoms. The smallest absolute Gasteiger partial charge is 0.267 e. The van der Waals surface area contributed by atoms with Gasteiger partial charge in [-0.3, -0.25) is 9.78 Å². The van der Waals surface area contributed by atoms with Crippen LogP contribution in [0, 0.1) is 0 Å². The lowest BCUT2D eigenvalue weighted by Crippen LogP contribution is -2.17. The zero-order chi connectivity index (χ0) is 13.7. The maximum atomic E-state index is 11.7. The first-order valence-electron chi connectivity index (χ1n) is 5.35. The van der Waals surface area contributed by atoms with Crippen molar-refractivity contribution in [1.29, 1.82) is 0 Å². The van der Waals surface area contributed by atoms with Crippen LogP contribution >= 0.6 is 31.9 Å². The van der Waals surface area contributed by atoms with Gasteiger partial charge in [-0.05, 0) is 39.7 Å². The zero-order valence-electron chi connectivity index (χ0n) is 9.68. The normalized spacial score (nSPS) is 10.6. The van der Waals surface area contributed by atoms with E-state index in [9.17, 15) is 4.79 Å². The van der Waals surface area contributed by atoms with Crippen molar-refractivity contribution in [3.05, 3.63) is 62.8 Å². The Morgan fingerprint density at radius 2 is 1.89 bits per heavy atom. The molecule has 1 aromatic carbocycles. The average molecular weight is 383 g/mol. The maximum Gasteiger partial charge on any atom is 0.272 e. The molecule has 6 heteroatoms. The van der Waals surface area contributed by atoms with Crippen LogP contribution in [0.4, 0.5) is 0 Å². The first-order valence-corrected chi connectivity index (χ1v) is 6.93. The van der Waals surface area contributed by atoms with Crippen molar-refractivity contribution in [2.45, 2.75) is 0 Å². The Labute approximate surface area is 127 Å². The predicted molar refractivity (Wildman–Crippen MR) is 81.1 cm³/mol. The lowest BCUT2D eigenvalue weighted by molar-refractivity contribution is 0.0954. The molecule has 4 nitrogen and oxygen atoms in total. The monoisotopic (exact) mass is 381 g/mol. The summed E-state index contributed by atoms with van der Waals surface area (Å²) in [6, 6.07) is 9.26. The van der Waals surface area contributed by atoms with Crippen LogP contribution in [0.1, 0.15) is 15.9 Å². The Balaban J connectivity index is 1.98. The number of amides is 1. The number of carbonyl (C=O) groups excluding carboxylic acids is 1. The average Bonchev–Trinajstić information content (AvgIpc) is 2.41. The van der Waals surface area contributed by atoms with Crippen LogP contribution in [0.15, 0.2) is 56.8 Å². The molecule has 19 heavy (non-hydrogen) atoms. The van der Waals surface area contributed by atoms with Gasteiger partial charge in [0.15, 0.2) is 0 Å². The van der Waals surface area contributed by atoms with E-state index in [1.807, 2.05) is 24.3 Å². The third-order valence-electron chi connectivity index (χ3n) is 2.22. The van der Waals surface area contributed by atoms with E-state index < -0.39 is 0 Å². The van der Waals surface area contributed by atoms with Gasteiger partial charge in [-0.25, -0.2) is 5.43 Å².